The van der Waals surface area contributed by atoms with Crippen molar-refractivity contribution in [2.24, 2.45) is 13.0 Å². The third-order valence-electron chi connectivity index (χ3n) is 6.95. The maximum absolute atomic E-state index is 9.27. The van der Waals surface area contributed by atoms with Crippen molar-refractivity contribution in [1.29, 1.82) is 5.26 Å². The number of aryl methyl sites for hydroxylation is 1. The van der Waals surface area contributed by atoms with Gasteiger partial charge in [0.15, 0.2) is 0 Å². The van der Waals surface area contributed by atoms with Crippen molar-refractivity contribution in [3.63, 3.8) is 0 Å². The van der Waals surface area contributed by atoms with E-state index in [1.54, 1.807) is 0 Å². The van der Waals surface area contributed by atoms with Gasteiger partial charge in [-0.2, -0.15) is 10.4 Å². The topological polar surface area (TPSA) is 59.4 Å². The summed E-state index contributed by atoms with van der Waals surface area (Å²) >= 11 is 0. The number of benzene rings is 2. The Kier molecular flexibility index (Phi) is 4.73. The standard InChI is InChI=1S/C28H25N5/c1-32-18-23-14-22(10-11-25(23)31-32)28-27(21-8-6-19(15-29)7-9-21)24-12-13-33(26(24)16-30-28)17-20-4-2-3-5-20/h6-14,16,18,20H,2-5,17H2,1H3. The molecule has 3 heterocycles. The molecule has 0 aliphatic heterocycles. The van der Waals surface area contributed by atoms with Crippen LogP contribution >= 0.6 is 0 Å². The van der Waals surface area contributed by atoms with E-state index in [0.717, 1.165) is 45.7 Å². The molecule has 162 valence electrons. The summed E-state index contributed by atoms with van der Waals surface area (Å²) in [5.74, 6) is 0.756. The minimum Gasteiger partial charge on any atom is -0.346 e. The van der Waals surface area contributed by atoms with Gasteiger partial charge in [-0.25, -0.2) is 0 Å². The number of hydrogen-bond acceptors (Lipinski definition) is 3. The molecule has 0 saturated heterocycles. The lowest BCUT2D eigenvalue weighted by Gasteiger charge is -2.14. The van der Waals surface area contributed by atoms with Crippen LogP contribution in [0.4, 0.5) is 0 Å². The van der Waals surface area contributed by atoms with Crippen LogP contribution in [0.3, 0.4) is 0 Å². The minimum absolute atomic E-state index is 0.663. The van der Waals surface area contributed by atoms with Crippen LogP contribution in [0.25, 0.3) is 44.2 Å². The van der Waals surface area contributed by atoms with Gasteiger partial charge in [0.05, 0.1) is 34.6 Å². The van der Waals surface area contributed by atoms with Crippen molar-refractivity contribution in [2.75, 3.05) is 0 Å². The van der Waals surface area contributed by atoms with Crippen molar-refractivity contribution in [1.82, 2.24) is 19.3 Å². The van der Waals surface area contributed by atoms with Crippen LogP contribution in [-0.4, -0.2) is 19.3 Å². The van der Waals surface area contributed by atoms with Crippen LogP contribution < -0.4 is 0 Å². The number of pyridine rings is 1. The molecular weight excluding hydrogens is 406 g/mol. The Bertz CT molecular complexity index is 1510. The van der Waals surface area contributed by atoms with Crippen LogP contribution in [0.1, 0.15) is 31.2 Å². The number of rotatable bonds is 4. The monoisotopic (exact) mass is 431 g/mol. The third kappa shape index (κ3) is 3.48. The van der Waals surface area contributed by atoms with Crippen LogP contribution in [0.2, 0.25) is 0 Å². The SMILES string of the molecule is Cn1cc2cc(-c3ncc4c(ccn4CC4CCCC4)c3-c3ccc(C#N)cc3)ccc2n1. The second-order valence-corrected chi connectivity index (χ2v) is 9.16. The van der Waals surface area contributed by atoms with E-state index >= 15 is 0 Å². The Hall–Kier alpha value is -3.91. The summed E-state index contributed by atoms with van der Waals surface area (Å²) in [4.78, 5) is 5.00. The lowest BCUT2D eigenvalue weighted by Crippen LogP contribution is -2.06. The van der Waals surface area contributed by atoms with Gasteiger partial charge in [0.25, 0.3) is 0 Å². The minimum atomic E-state index is 0.663. The normalized spacial score (nSPS) is 14.3. The maximum Gasteiger partial charge on any atom is 0.0991 e. The van der Waals surface area contributed by atoms with Crippen LogP contribution in [0.15, 0.2) is 67.1 Å². The molecule has 1 fully saturated rings. The number of hydrogen-bond donors (Lipinski definition) is 0. The van der Waals surface area contributed by atoms with Crippen molar-refractivity contribution in [3.8, 4) is 28.5 Å². The van der Waals surface area contributed by atoms with Crippen LogP contribution in [0.5, 0.6) is 0 Å². The molecule has 6 rings (SSSR count). The first-order valence-electron chi connectivity index (χ1n) is 11.6. The molecule has 3 aromatic heterocycles. The molecule has 0 N–H and O–H groups in total. The predicted molar refractivity (Wildman–Crippen MR) is 132 cm³/mol. The largest absolute Gasteiger partial charge is 0.346 e. The molecule has 0 spiro atoms. The van der Waals surface area contributed by atoms with Gasteiger partial charge in [0.2, 0.25) is 0 Å². The Morgan fingerprint density at radius 2 is 1.82 bits per heavy atom. The van der Waals surface area contributed by atoms with E-state index in [0.29, 0.717) is 5.56 Å². The average Bonchev–Trinajstić information content (AvgIpc) is 3.58. The molecule has 5 heteroatoms. The van der Waals surface area contributed by atoms with Gasteiger partial charge in [-0.15, -0.1) is 0 Å². The highest BCUT2D eigenvalue weighted by Crippen LogP contribution is 2.38. The quantitative estimate of drug-likeness (QED) is 0.335. The van der Waals surface area contributed by atoms with E-state index in [2.05, 4.69) is 46.2 Å². The Morgan fingerprint density at radius 1 is 1.03 bits per heavy atom. The first-order chi connectivity index (χ1) is 16.2. The molecule has 2 aromatic carbocycles. The van der Waals surface area contributed by atoms with Gasteiger partial charge >= 0.3 is 0 Å². The highest BCUT2D eigenvalue weighted by atomic mass is 15.2. The van der Waals surface area contributed by atoms with Crippen molar-refractivity contribution < 1.29 is 0 Å². The van der Waals surface area contributed by atoms with Crippen LogP contribution in [-0.2, 0) is 13.6 Å². The molecule has 0 unspecified atom stereocenters. The lowest BCUT2D eigenvalue weighted by molar-refractivity contribution is 0.466. The summed E-state index contributed by atoms with van der Waals surface area (Å²) in [7, 11) is 1.94. The zero-order chi connectivity index (χ0) is 22.4. The van der Waals surface area contributed by atoms with Crippen molar-refractivity contribution >= 4 is 21.8 Å². The molecule has 0 radical (unpaired) electrons. The maximum atomic E-state index is 9.27. The third-order valence-corrected chi connectivity index (χ3v) is 6.95. The predicted octanol–water partition coefficient (Wildman–Crippen LogP) is 6.32. The van der Waals surface area contributed by atoms with E-state index in [1.807, 2.05) is 48.4 Å². The molecule has 0 atom stereocenters. The summed E-state index contributed by atoms with van der Waals surface area (Å²) in [5.41, 5.74) is 7.03. The van der Waals surface area contributed by atoms with Gasteiger partial charge in [-0.3, -0.25) is 9.67 Å². The number of nitriles is 1. The number of nitrogens with zero attached hydrogens (tertiary/aromatic N) is 5. The molecule has 1 aliphatic carbocycles. The smallest absolute Gasteiger partial charge is 0.0991 e. The van der Waals surface area contributed by atoms with E-state index in [-0.39, 0.29) is 0 Å². The van der Waals surface area contributed by atoms with Crippen molar-refractivity contribution in [2.45, 2.75) is 32.2 Å². The Morgan fingerprint density at radius 3 is 2.61 bits per heavy atom. The first-order valence-corrected chi connectivity index (χ1v) is 11.6. The molecule has 0 bridgehead atoms. The van der Waals surface area contributed by atoms with Crippen molar-refractivity contribution in [3.05, 3.63) is 72.7 Å². The molecule has 1 aliphatic rings. The molecule has 5 aromatic rings. The van der Waals surface area contributed by atoms with E-state index in [1.165, 1.54) is 36.6 Å². The fourth-order valence-corrected chi connectivity index (χ4v) is 5.31. The molecule has 5 nitrogen and oxygen atoms in total. The summed E-state index contributed by atoms with van der Waals surface area (Å²) in [6.45, 7) is 1.05. The molecule has 1 saturated carbocycles. The second-order valence-electron chi connectivity index (χ2n) is 9.16. The highest BCUT2D eigenvalue weighted by molar-refractivity contribution is 6.02. The summed E-state index contributed by atoms with van der Waals surface area (Å²) in [6, 6.07) is 18.6. The number of aromatic nitrogens is 4. The average molecular weight is 432 g/mol. The zero-order valence-corrected chi connectivity index (χ0v) is 18.7. The molecule has 0 amide bonds. The van der Waals surface area contributed by atoms with E-state index in [4.69, 9.17) is 4.98 Å². The van der Waals surface area contributed by atoms with Gasteiger partial charge in [0, 0.05) is 47.9 Å². The highest BCUT2D eigenvalue weighted by Gasteiger charge is 2.19. The summed E-state index contributed by atoms with van der Waals surface area (Å²) in [6.07, 6.45) is 11.6. The van der Waals surface area contributed by atoms with E-state index in [9.17, 15) is 5.26 Å². The lowest BCUT2D eigenvalue weighted by atomic mass is 9.95. The Balaban J connectivity index is 1.54. The van der Waals surface area contributed by atoms with Gasteiger partial charge in [-0.1, -0.05) is 31.0 Å². The fourth-order valence-electron chi connectivity index (χ4n) is 5.31. The van der Waals surface area contributed by atoms with Gasteiger partial charge < -0.3 is 4.57 Å². The Labute approximate surface area is 192 Å². The zero-order valence-electron chi connectivity index (χ0n) is 18.7. The summed E-state index contributed by atoms with van der Waals surface area (Å²) < 4.78 is 4.22. The second kappa shape index (κ2) is 7.90. The van der Waals surface area contributed by atoms with Gasteiger partial charge in [0.1, 0.15) is 0 Å². The fraction of sp³-hybridized carbons (Fsp3) is 0.250. The van der Waals surface area contributed by atoms with E-state index < -0.39 is 0 Å². The first kappa shape index (κ1) is 19.8. The van der Waals surface area contributed by atoms with Gasteiger partial charge in [-0.05, 0) is 54.7 Å². The molecular formula is C28H25N5. The van der Waals surface area contributed by atoms with Crippen LogP contribution in [0, 0.1) is 17.2 Å². The molecule has 33 heavy (non-hydrogen) atoms. The number of fused-ring (bicyclic) bond motifs is 2. The summed E-state index contributed by atoms with van der Waals surface area (Å²) in [5, 5.41) is 16.1.